The maximum Gasteiger partial charge on any atom is 0.237 e. The van der Waals surface area contributed by atoms with Gasteiger partial charge >= 0.3 is 0 Å². The van der Waals surface area contributed by atoms with Gasteiger partial charge in [0, 0.05) is 13.1 Å². The number of rotatable bonds is 2. The second-order valence-electron chi connectivity index (χ2n) is 3.75. The van der Waals surface area contributed by atoms with E-state index >= 15 is 0 Å². The van der Waals surface area contributed by atoms with Gasteiger partial charge in [-0.3, -0.25) is 4.79 Å². The van der Waals surface area contributed by atoms with Gasteiger partial charge in [-0.1, -0.05) is 17.7 Å². The molecule has 1 heterocycles. The van der Waals surface area contributed by atoms with Crippen molar-refractivity contribution in [3.05, 3.63) is 34.6 Å². The Morgan fingerprint density at radius 3 is 2.94 bits per heavy atom. The van der Waals surface area contributed by atoms with Crippen molar-refractivity contribution >= 4 is 17.5 Å². The van der Waals surface area contributed by atoms with Gasteiger partial charge in [-0.25, -0.2) is 4.39 Å². The standard InChI is InChI=1S/C11H12ClFN2O/c12-8-5-7(1-2-9(8)13)6-10-11(16)15-4-3-14-10/h1-2,5,10,14H,3-4,6H2,(H,15,16). The van der Waals surface area contributed by atoms with Crippen molar-refractivity contribution in [2.75, 3.05) is 13.1 Å². The molecule has 3 nitrogen and oxygen atoms in total. The van der Waals surface area contributed by atoms with Crippen LogP contribution >= 0.6 is 11.6 Å². The third kappa shape index (κ3) is 2.51. The fourth-order valence-electron chi connectivity index (χ4n) is 1.72. The Balaban J connectivity index is 2.08. The molecule has 16 heavy (non-hydrogen) atoms. The highest BCUT2D eigenvalue weighted by Gasteiger charge is 2.21. The fraction of sp³-hybridized carbons (Fsp3) is 0.364. The van der Waals surface area contributed by atoms with Crippen molar-refractivity contribution < 1.29 is 9.18 Å². The van der Waals surface area contributed by atoms with E-state index in [1.807, 2.05) is 0 Å². The fourth-order valence-corrected chi connectivity index (χ4v) is 1.92. The van der Waals surface area contributed by atoms with Gasteiger partial charge in [0.05, 0.1) is 11.1 Å². The number of piperazine rings is 1. The van der Waals surface area contributed by atoms with Gasteiger partial charge in [-0.2, -0.15) is 0 Å². The molecule has 1 aromatic carbocycles. The van der Waals surface area contributed by atoms with Gasteiger partial charge in [0.25, 0.3) is 0 Å². The number of carbonyl (C=O) groups excluding carboxylic acids is 1. The second kappa shape index (κ2) is 4.80. The molecular formula is C11H12ClFN2O. The quantitative estimate of drug-likeness (QED) is 0.816. The Morgan fingerprint density at radius 2 is 2.25 bits per heavy atom. The lowest BCUT2D eigenvalue weighted by Crippen LogP contribution is -2.53. The Kier molecular flexibility index (Phi) is 3.41. The number of halogens is 2. The van der Waals surface area contributed by atoms with Gasteiger partial charge in [0.15, 0.2) is 0 Å². The van der Waals surface area contributed by atoms with Crippen molar-refractivity contribution in [3.8, 4) is 0 Å². The highest BCUT2D eigenvalue weighted by molar-refractivity contribution is 6.30. The molecule has 0 saturated carbocycles. The molecule has 0 spiro atoms. The maximum atomic E-state index is 12.9. The molecule has 1 saturated heterocycles. The minimum absolute atomic E-state index is 0.0216. The van der Waals surface area contributed by atoms with E-state index in [4.69, 9.17) is 11.6 Å². The van der Waals surface area contributed by atoms with Crippen LogP contribution in [0, 0.1) is 5.82 Å². The van der Waals surface area contributed by atoms with Gasteiger partial charge in [-0.05, 0) is 24.1 Å². The van der Waals surface area contributed by atoms with Crippen LogP contribution in [0.25, 0.3) is 0 Å². The van der Waals surface area contributed by atoms with Gasteiger partial charge in [-0.15, -0.1) is 0 Å². The zero-order valence-electron chi connectivity index (χ0n) is 8.59. The summed E-state index contributed by atoms with van der Waals surface area (Å²) in [6, 6.07) is 4.26. The van der Waals surface area contributed by atoms with E-state index in [1.54, 1.807) is 12.1 Å². The second-order valence-corrected chi connectivity index (χ2v) is 4.16. The zero-order chi connectivity index (χ0) is 11.5. The van der Waals surface area contributed by atoms with Crippen LogP contribution in [-0.4, -0.2) is 25.0 Å². The molecule has 0 aromatic heterocycles. The Labute approximate surface area is 98.0 Å². The van der Waals surface area contributed by atoms with Crippen LogP contribution in [0.15, 0.2) is 18.2 Å². The van der Waals surface area contributed by atoms with Crippen LogP contribution in [0.1, 0.15) is 5.56 Å². The Bertz CT molecular complexity index is 411. The number of hydrogen-bond donors (Lipinski definition) is 2. The zero-order valence-corrected chi connectivity index (χ0v) is 9.35. The van der Waals surface area contributed by atoms with Crippen LogP contribution in [0.4, 0.5) is 4.39 Å². The molecular weight excluding hydrogens is 231 g/mol. The lowest BCUT2D eigenvalue weighted by molar-refractivity contribution is -0.124. The molecule has 2 N–H and O–H groups in total. The van der Waals surface area contributed by atoms with E-state index < -0.39 is 5.82 Å². The van der Waals surface area contributed by atoms with Gasteiger partial charge < -0.3 is 10.6 Å². The molecule has 86 valence electrons. The molecule has 1 unspecified atom stereocenters. The number of nitrogens with one attached hydrogen (secondary N) is 2. The summed E-state index contributed by atoms with van der Waals surface area (Å²) in [6.45, 7) is 1.41. The molecule has 1 amide bonds. The van der Waals surface area contributed by atoms with Crippen molar-refractivity contribution in [1.29, 1.82) is 0 Å². The molecule has 1 fully saturated rings. The SMILES string of the molecule is O=C1NCCNC1Cc1ccc(F)c(Cl)c1. The van der Waals surface area contributed by atoms with Crippen LogP contribution in [0.5, 0.6) is 0 Å². The summed E-state index contributed by atoms with van der Waals surface area (Å²) < 4.78 is 12.9. The third-order valence-corrected chi connectivity index (χ3v) is 2.84. The highest BCUT2D eigenvalue weighted by atomic mass is 35.5. The summed E-state index contributed by atoms with van der Waals surface area (Å²) in [6.07, 6.45) is 0.520. The minimum Gasteiger partial charge on any atom is -0.353 e. The lowest BCUT2D eigenvalue weighted by atomic mass is 10.0. The number of amides is 1. The lowest BCUT2D eigenvalue weighted by Gasteiger charge is -2.23. The first-order valence-electron chi connectivity index (χ1n) is 5.12. The van der Waals surface area contributed by atoms with Crippen LogP contribution < -0.4 is 10.6 Å². The molecule has 5 heteroatoms. The monoisotopic (exact) mass is 242 g/mol. The molecule has 1 aromatic rings. The summed E-state index contributed by atoms with van der Waals surface area (Å²) in [5.41, 5.74) is 0.848. The first-order valence-corrected chi connectivity index (χ1v) is 5.49. The van der Waals surface area contributed by atoms with Crippen LogP contribution in [0.3, 0.4) is 0 Å². The largest absolute Gasteiger partial charge is 0.353 e. The molecule has 2 rings (SSSR count). The number of hydrogen-bond acceptors (Lipinski definition) is 2. The first-order chi connectivity index (χ1) is 7.66. The van der Waals surface area contributed by atoms with E-state index in [1.165, 1.54) is 6.07 Å². The van der Waals surface area contributed by atoms with Crippen LogP contribution in [0.2, 0.25) is 5.02 Å². The van der Waals surface area contributed by atoms with Crippen molar-refractivity contribution in [1.82, 2.24) is 10.6 Å². The van der Waals surface area contributed by atoms with E-state index in [0.29, 0.717) is 13.0 Å². The van der Waals surface area contributed by atoms with Crippen molar-refractivity contribution in [2.45, 2.75) is 12.5 Å². The summed E-state index contributed by atoms with van der Waals surface area (Å²) in [5, 5.41) is 5.96. The third-order valence-electron chi connectivity index (χ3n) is 2.56. The van der Waals surface area contributed by atoms with Gasteiger partial charge in [0.2, 0.25) is 5.91 Å². The number of benzene rings is 1. The van der Waals surface area contributed by atoms with E-state index in [9.17, 15) is 9.18 Å². The normalized spacial score (nSPS) is 20.6. The van der Waals surface area contributed by atoms with E-state index in [-0.39, 0.29) is 17.0 Å². The molecule has 0 aliphatic carbocycles. The first kappa shape index (κ1) is 11.4. The molecule has 0 bridgehead atoms. The topological polar surface area (TPSA) is 41.1 Å². The predicted octanol–water partition coefficient (Wildman–Crippen LogP) is 1.11. The van der Waals surface area contributed by atoms with Crippen molar-refractivity contribution in [3.63, 3.8) is 0 Å². The Morgan fingerprint density at radius 1 is 1.44 bits per heavy atom. The predicted molar refractivity (Wildman–Crippen MR) is 59.9 cm³/mol. The summed E-state index contributed by atoms with van der Waals surface area (Å²) in [4.78, 5) is 11.5. The highest BCUT2D eigenvalue weighted by Crippen LogP contribution is 2.17. The average Bonchev–Trinajstić information content (AvgIpc) is 2.27. The summed E-state index contributed by atoms with van der Waals surface area (Å²) >= 11 is 5.67. The molecule has 1 aliphatic heterocycles. The summed E-state index contributed by atoms with van der Waals surface area (Å²) in [5.74, 6) is -0.460. The molecule has 1 atom stereocenters. The minimum atomic E-state index is -0.438. The van der Waals surface area contributed by atoms with Crippen LogP contribution in [-0.2, 0) is 11.2 Å². The van der Waals surface area contributed by atoms with Crippen molar-refractivity contribution in [2.24, 2.45) is 0 Å². The summed E-state index contributed by atoms with van der Waals surface area (Å²) in [7, 11) is 0. The average molecular weight is 243 g/mol. The Hall–Kier alpha value is -1.13. The van der Waals surface area contributed by atoms with E-state index in [0.717, 1.165) is 12.1 Å². The molecule has 0 radical (unpaired) electrons. The number of carbonyl (C=O) groups is 1. The maximum absolute atomic E-state index is 12.9. The van der Waals surface area contributed by atoms with Gasteiger partial charge in [0.1, 0.15) is 5.82 Å². The van der Waals surface area contributed by atoms with E-state index in [2.05, 4.69) is 10.6 Å². The molecule has 1 aliphatic rings. The smallest absolute Gasteiger partial charge is 0.237 e.